The zero-order valence-corrected chi connectivity index (χ0v) is 17.6. The fraction of sp³-hybridized carbons (Fsp3) is 0.0667. The van der Waals surface area contributed by atoms with E-state index in [4.69, 9.17) is 4.74 Å². The first-order chi connectivity index (χ1) is 10.8. The Balaban J connectivity index is 2.39. The summed E-state index contributed by atoms with van der Waals surface area (Å²) in [5, 5.41) is 10.2. The summed E-state index contributed by atoms with van der Waals surface area (Å²) in [6.45, 7) is 0. The minimum Gasteiger partial charge on any atom is -0.506 e. The van der Waals surface area contributed by atoms with Gasteiger partial charge in [-0.15, -0.1) is 0 Å². The number of carbonyl (C=O) groups is 2. The van der Waals surface area contributed by atoms with E-state index in [1.54, 1.807) is 30.3 Å². The summed E-state index contributed by atoms with van der Waals surface area (Å²) in [4.78, 5) is 24.2. The van der Waals surface area contributed by atoms with Gasteiger partial charge in [0.1, 0.15) is 14.0 Å². The van der Waals surface area contributed by atoms with E-state index in [-0.39, 0.29) is 27.3 Å². The Bertz CT molecular complexity index is 760. The Morgan fingerprint density at radius 2 is 1.70 bits per heavy atom. The van der Waals surface area contributed by atoms with E-state index < -0.39 is 9.71 Å². The number of carbonyl (C=O) groups excluding carboxylic acids is 2. The molecule has 2 aromatic carbocycles. The molecule has 0 saturated carbocycles. The lowest BCUT2D eigenvalue weighted by Gasteiger charge is -2.13. The van der Waals surface area contributed by atoms with Crippen molar-refractivity contribution in [2.45, 2.75) is 3.74 Å². The molecule has 8 heteroatoms. The molecule has 2 rings (SSSR count). The Hall–Kier alpha value is -0.700. The van der Waals surface area contributed by atoms with E-state index in [1.165, 1.54) is 6.07 Å². The number of halogens is 4. The van der Waals surface area contributed by atoms with Gasteiger partial charge >= 0.3 is 5.97 Å². The summed E-state index contributed by atoms with van der Waals surface area (Å²) in [6, 6.07) is 9.83. The van der Waals surface area contributed by atoms with Crippen LogP contribution in [0.4, 0.5) is 0 Å². The summed E-state index contributed by atoms with van der Waals surface area (Å²) in [5.74, 6) is -1.17. The normalized spacial score (nSPS) is 10.7. The van der Waals surface area contributed by atoms with Crippen molar-refractivity contribution in [3.8, 4) is 11.5 Å². The molecule has 0 bridgehead atoms. The van der Waals surface area contributed by atoms with Crippen LogP contribution in [-0.2, 0) is 0 Å². The monoisotopic (exact) mass is 568 g/mol. The number of ether oxygens (including phenoxy) is 1. The molecular weight excluding hydrogens is 564 g/mol. The van der Waals surface area contributed by atoms with Gasteiger partial charge in [0.2, 0.25) is 0 Å². The van der Waals surface area contributed by atoms with Gasteiger partial charge in [-0.1, -0.05) is 50.1 Å². The predicted octanol–water partition coefficient (Wildman–Crippen LogP) is 5.44. The van der Waals surface area contributed by atoms with E-state index in [9.17, 15) is 14.7 Å². The molecule has 2 aromatic rings. The zero-order chi connectivity index (χ0) is 17.1. The van der Waals surface area contributed by atoms with Crippen LogP contribution in [0, 0.1) is 0 Å². The number of phenols is 1. The number of Topliss-reactive ketones (excluding diaryl/α,β-unsaturated/α-hetero) is 1. The summed E-state index contributed by atoms with van der Waals surface area (Å²) < 4.78 is 5.14. The molecule has 120 valence electrons. The lowest BCUT2D eigenvalue weighted by Crippen LogP contribution is -2.11. The molecule has 0 aliphatic rings. The van der Waals surface area contributed by atoms with Crippen molar-refractivity contribution in [2.24, 2.45) is 0 Å². The standard InChI is InChI=1S/C15H8Br4O4/c16-9-6-8(12(21)14(18)19)11(20)10(17)13(9)23-15(22)7-4-2-1-3-5-7/h1-6,14,20H. The average molecular weight is 572 g/mol. The Labute approximate surface area is 165 Å². The lowest BCUT2D eigenvalue weighted by molar-refractivity contribution is 0.0732. The summed E-state index contributed by atoms with van der Waals surface area (Å²) in [7, 11) is 0. The third kappa shape index (κ3) is 4.23. The smallest absolute Gasteiger partial charge is 0.343 e. The molecule has 0 heterocycles. The van der Waals surface area contributed by atoms with Crippen LogP contribution in [0.5, 0.6) is 11.5 Å². The van der Waals surface area contributed by atoms with E-state index in [1.807, 2.05) is 0 Å². The SMILES string of the molecule is O=C(Oc1c(Br)cc(C(=O)C(Br)Br)c(O)c1Br)c1ccccc1. The maximum Gasteiger partial charge on any atom is 0.343 e. The van der Waals surface area contributed by atoms with E-state index in [2.05, 4.69) is 63.7 Å². The fourth-order valence-electron chi connectivity index (χ4n) is 1.72. The first-order valence-electron chi connectivity index (χ1n) is 6.13. The summed E-state index contributed by atoms with van der Waals surface area (Å²) in [5.41, 5.74) is 0.439. The van der Waals surface area contributed by atoms with Crippen molar-refractivity contribution in [3.05, 3.63) is 56.5 Å². The van der Waals surface area contributed by atoms with Gasteiger partial charge in [0.05, 0.1) is 15.6 Å². The van der Waals surface area contributed by atoms with Crippen molar-refractivity contribution < 1.29 is 19.4 Å². The van der Waals surface area contributed by atoms with Crippen LogP contribution in [0.25, 0.3) is 0 Å². The predicted molar refractivity (Wildman–Crippen MR) is 101 cm³/mol. The highest BCUT2D eigenvalue weighted by molar-refractivity contribution is 9.25. The van der Waals surface area contributed by atoms with Crippen molar-refractivity contribution in [3.63, 3.8) is 0 Å². The summed E-state index contributed by atoms with van der Waals surface area (Å²) in [6.07, 6.45) is 0. The third-order valence-electron chi connectivity index (χ3n) is 2.82. The number of hydrogen-bond donors (Lipinski definition) is 1. The molecular formula is C15H8Br4O4. The van der Waals surface area contributed by atoms with Crippen molar-refractivity contribution in [2.75, 3.05) is 0 Å². The van der Waals surface area contributed by atoms with Gasteiger partial charge in [-0.05, 0) is 50.1 Å². The number of aromatic hydroxyl groups is 1. The Morgan fingerprint density at radius 3 is 2.26 bits per heavy atom. The molecule has 0 fully saturated rings. The Kier molecular flexibility index (Phi) is 6.41. The number of alkyl halides is 2. The molecule has 4 nitrogen and oxygen atoms in total. The maximum absolute atomic E-state index is 12.1. The van der Waals surface area contributed by atoms with Gasteiger partial charge in [-0.2, -0.15) is 0 Å². The minimum absolute atomic E-state index is 0.0713. The van der Waals surface area contributed by atoms with E-state index in [0.29, 0.717) is 10.0 Å². The first kappa shape index (κ1) is 18.6. The quantitative estimate of drug-likeness (QED) is 0.230. The van der Waals surface area contributed by atoms with Crippen molar-refractivity contribution in [1.29, 1.82) is 0 Å². The highest BCUT2D eigenvalue weighted by Gasteiger charge is 2.25. The zero-order valence-electron chi connectivity index (χ0n) is 11.2. The summed E-state index contributed by atoms with van der Waals surface area (Å²) >= 11 is 12.6. The molecule has 0 atom stereocenters. The van der Waals surface area contributed by atoms with Gasteiger partial charge in [0.25, 0.3) is 0 Å². The number of benzene rings is 2. The molecule has 0 radical (unpaired) electrons. The largest absolute Gasteiger partial charge is 0.506 e. The van der Waals surface area contributed by atoms with Crippen LogP contribution < -0.4 is 4.74 Å². The average Bonchev–Trinajstić information content (AvgIpc) is 2.54. The second-order valence-electron chi connectivity index (χ2n) is 4.32. The highest BCUT2D eigenvalue weighted by atomic mass is 79.9. The molecule has 1 N–H and O–H groups in total. The van der Waals surface area contributed by atoms with E-state index >= 15 is 0 Å². The van der Waals surface area contributed by atoms with Crippen LogP contribution in [0.2, 0.25) is 0 Å². The van der Waals surface area contributed by atoms with Gasteiger partial charge in [0.15, 0.2) is 11.5 Å². The second kappa shape index (κ2) is 7.92. The van der Waals surface area contributed by atoms with Gasteiger partial charge in [-0.3, -0.25) is 4.79 Å². The number of ketones is 1. The number of hydrogen-bond acceptors (Lipinski definition) is 4. The molecule has 23 heavy (non-hydrogen) atoms. The first-order valence-corrected chi connectivity index (χ1v) is 9.55. The molecule has 0 saturated heterocycles. The number of phenolic OH excluding ortho intramolecular Hbond substituents is 1. The molecule has 0 aliphatic carbocycles. The lowest BCUT2D eigenvalue weighted by atomic mass is 10.1. The second-order valence-corrected chi connectivity index (χ2v) is 9.03. The van der Waals surface area contributed by atoms with Crippen LogP contribution in [0.15, 0.2) is 45.3 Å². The van der Waals surface area contributed by atoms with Gasteiger partial charge < -0.3 is 9.84 Å². The Morgan fingerprint density at radius 1 is 1.09 bits per heavy atom. The van der Waals surface area contributed by atoms with Crippen molar-refractivity contribution >= 4 is 75.5 Å². The fourth-order valence-corrected chi connectivity index (χ4v) is 3.49. The highest BCUT2D eigenvalue weighted by Crippen LogP contribution is 2.43. The molecule has 0 spiro atoms. The van der Waals surface area contributed by atoms with Gasteiger partial charge in [0, 0.05) is 0 Å². The number of esters is 1. The molecule has 0 aliphatic heterocycles. The van der Waals surface area contributed by atoms with E-state index in [0.717, 1.165) is 0 Å². The molecule has 0 unspecified atom stereocenters. The van der Waals surface area contributed by atoms with Crippen LogP contribution >= 0.6 is 63.7 Å². The van der Waals surface area contributed by atoms with Crippen LogP contribution in [0.1, 0.15) is 20.7 Å². The minimum atomic E-state index is -0.641. The maximum atomic E-state index is 12.1. The topological polar surface area (TPSA) is 63.6 Å². The molecule has 0 amide bonds. The third-order valence-corrected chi connectivity index (χ3v) is 4.97. The van der Waals surface area contributed by atoms with Gasteiger partial charge in [-0.25, -0.2) is 4.79 Å². The van der Waals surface area contributed by atoms with Crippen LogP contribution in [-0.4, -0.2) is 20.6 Å². The van der Waals surface area contributed by atoms with Crippen LogP contribution in [0.3, 0.4) is 0 Å². The number of rotatable bonds is 4. The van der Waals surface area contributed by atoms with Crippen molar-refractivity contribution in [1.82, 2.24) is 0 Å². The molecule has 0 aromatic heterocycles.